The minimum absolute atomic E-state index is 0.803. The highest BCUT2D eigenvalue weighted by molar-refractivity contribution is 8.20. The summed E-state index contributed by atoms with van der Waals surface area (Å²) < 4.78 is 6.05. The van der Waals surface area contributed by atoms with Crippen LogP contribution < -0.4 is 0 Å². The summed E-state index contributed by atoms with van der Waals surface area (Å²) in [6.45, 7) is 2.93. The Kier molecular flexibility index (Phi) is 2.47. The van der Waals surface area contributed by atoms with Crippen LogP contribution in [0.3, 0.4) is 0 Å². The normalized spacial score (nSPS) is 35.4. The zero-order chi connectivity index (χ0) is 6.81. The molecule has 2 aliphatic heterocycles. The molecule has 0 aliphatic carbocycles. The predicted molar refractivity (Wildman–Crippen MR) is 47.1 cm³/mol. The minimum Gasteiger partial charge on any atom is -0.375 e. The van der Waals surface area contributed by atoms with Gasteiger partial charge in [-0.25, -0.2) is 0 Å². The Labute approximate surface area is 70.3 Å². The summed E-state index contributed by atoms with van der Waals surface area (Å²) in [5, 5.41) is 0. The second-order valence-electron chi connectivity index (χ2n) is 2.61. The molecule has 0 bridgehead atoms. The highest BCUT2D eigenvalue weighted by atomic mass is 32.2. The van der Waals surface area contributed by atoms with E-state index in [0.717, 1.165) is 17.1 Å². The fraction of sp³-hybridized carbons (Fsp3) is 0.857. The summed E-state index contributed by atoms with van der Waals surface area (Å²) in [6, 6.07) is 0. The van der Waals surface area contributed by atoms with Crippen LogP contribution in [0.4, 0.5) is 0 Å². The molecule has 1 unspecified atom stereocenters. The molecule has 3 heteroatoms. The van der Waals surface area contributed by atoms with Crippen LogP contribution in [0.2, 0.25) is 0 Å². The summed E-state index contributed by atoms with van der Waals surface area (Å²) >= 11 is 4.21. The molecule has 1 nitrogen and oxygen atoms in total. The summed E-state index contributed by atoms with van der Waals surface area (Å²) in [7, 11) is 0. The van der Waals surface area contributed by atoms with Crippen LogP contribution in [0.5, 0.6) is 0 Å². The molecule has 2 fully saturated rings. The van der Waals surface area contributed by atoms with Crippen LogP contribution in [0.1, 0.15) is 6.42 Å². The van der Waals surface area contributed by atoms with Gasteiger partial charge in [0.2, 0.25) is 0 Å². The molecule has 2 heterocycles. The lowest BCUT2D eigenvalue weighted by molar-refractivity contribution is 0.237. The van der Waals surface area contributed by atoms with E-state index in [1.54, 1.807) is 0 Å². The van der Waals surface area contributed by atoms with E-state index in [4.69, 9.17) is 4.74 Å². The van der Waals surface area contributed by atoms with Gasteiger partial charge in [-0.2, -0.15) is 0 Å². The molecule has 2 aliphatic rings. The van der Waals surface area contributed by atoms with Crippen molar-refractivity contribution in [3.05, 3.63) is 6.61 Å². The van der Waals surface area contributed by atoms with Gasteiger partial charge in [0.15, 0.2) is 0 Å². The minimum atomic E-state index is 0.803. The molecule has 2 rings (SSSR count). The van der Waals surface area contributed by atoms with E-state index < -0.39 is 0 Å². The maximum absolute atomic E-state index is 5.22. The largest absolute Gasteiger partial charge is 0.375 e. The Bertz CT molecular complexity index is 92.2. The lowest BCUT2D eigenvalue weighted by Gasteiger charge is -2.13. The van der Waals surface area contributed by atoms with E-state index in [1.165, 1.54) is 17.9 Å². The van der Waals surface area contributed by atoms with E-state index in [0.29, 0.717) is 0 Å². The number of hydrogen-bond acceptors (Lipinski definition) is 3. The Morgan fingerprint density at radius 2 is 2.10 bits per heavy atom. The topological polar surface area (TPSA) is 9.23 Å². The maximum atomic E-state index is 5.22. The van der Waals surface area contributed by atoms with Crippen LogP contribution in [0, 0.1) is 12.5 Å². The molecule has 0 aromatic rings. The Hall–Kier alpha value is 0.660. The first kappa shape index (κ1) is 7.32. The van der Waals surface area contributed by atoms with Gasteiger partial charge in [0.1, 0.15) is 0 Å². The molecule has 2 saturated heterocycles. The lowest BCUT2D eigenvalue weighted by atomic mass is 10.2. The molecule has 0 amide bonds. The average molecular weight is 175 g/mol. The molecule has 0 aromatic heterocycles. The quantitative estimate of drug-likeness (QED) is 0.603. The molecule has 1 radical (unpaired) electrons. The van der Waals surface area contributed by atoms with Crippen LogP contribution in [0.25, 0.3) is 0 Å². The first-order valence-electron chi connectivity index (χ1n) is 3.63. The average Bonchev–Trinajstić information content (AvgIpc) is 2.59. The van der Waals surface area contributed by atoms with Gasteiger partial charge in [-0.3, -0.25) is 0 Å². The van der Waals surface area contributed by atoms with Gasteiger partial charge in [-0.1, -0.05) is 0 Å². The Balaban J connectivity index is 1.85. The molecular formula is C7H11OS2. The van der Waals surface area contributed by atoms with E-state index in [-0.39, 0.29) is 0 Å². The third kappa shape index (κ3) is 1.46. The molecule has 0 spiro atoms. The van der Waals surface area contributed by atoms with Crippen LogP contribution in [-0.2, 0) is 4.74 Å². The molecule has 10 heavy (non-hydrogen) atoms. The van der Waals surface area contributed by atoms with Crippen molar-refractivity contribution in [2.75, 3.05) is 18.1 Å². The van der Waals surface area contributed by atoms with Crippen LogP contribution in [0.15, 0.2) is 0 Å². The highest BCUT2D eigenvalue weighted by Crippen LogP contribution is 2.40. The van der Waals surface area contributed by atoms with E-state index in [9.17, 15) is 0 Å². The van der Waals surface area contributed by atoms with Crippen molar-refractivity contribution in [3.63, 3.8) is 0 Å². The maximum Gasteiger partial charge on any atom is 0.0841 e. The Morgan fingerprint density at radius 1 is 1.30 bits per heavy atom. The monoisotopic (exact) mass is 175 g/mol. The Morgan fingerprint density at radius 3 is 2.70 bits per heavy atom. The molecule has 0 saturated carbocycles. The number of rotatable bonds is 1. The first-order chi connectivity index (χ1) is 4.97. The smallest absolute Gasteiger partial charge is 0.0841 e. The van der Waals surface area contributed by atoms with Crippen molar-refractivity contribution >= 4 is 23.5 Å². The fourth-order valence-corrected chi connectivity index (χ4v) is 4.41. The summed E-state index contributed by atoms with van der Waals surface area (Å²) in [4.78, 5) is 0. The van der Waals surface area contributed by atoms with Gasteiger partial charge >= 0.3 is 0 Å². The molecule has 0 N–H and O–H groups in total. The third-order valence-corrected chi connectivity index (χ3v) is 5.24. The third-order valence-electron chi connectivity index (χ3n) is 1.86. The summed E-state index contributed by atoms with van der Waals surface area (Å²) in [5.74, 6) is 3.48. The SMILES string of the molecule is [CH]1CC(C2SCCS2)CO1. The first-order valence-corrected chi connectivity index (χ1v) is 5.73. The van der Waals surface area contributed by atoms with Gasteiger partial charge < -0.3 is 4.74 Å². The van der Waals surface area contributed by atoms with Crippen molar-refractivity contribution in [1.82, 2.24) is 0 Å². The molecule has 0 aromatic carbocycles. The van der Waals surface area contributed by atoms with Crippen molar-refractivity contribution in [3.8, 4) is 0 Å². The molecule has 57 valence electrons. The van der Waals surface area contributed by atoms with Gasteiger partial charge in [-0.05, 0) is 6.42 Å². The van der Waals surface area contributed by atoms with Crippen molar-refractivity contribution in [2.24, 2.45) is 5.92 Å². The van der Waals surface area contributed by atoms with Gasteiger partial charge in [0.05, 0.1) is 17.8 Å². The number of ether oxygens (including phenoxy) is 1. The van der Waals surface area contributed by atoms with Gasteiger partial charge in [-0.15, -0.1) is 23.5 Å². The predicted octanol–water partition coefficient (Wildman–Crippen LogP) is 1.99. The standard InChI is InChI=1S/C7H11OS2/c1-2-8-5-6(1)7-9-3-4-10-7/h2,6-7H,1,3-5H2. The second-order valence-corrected chi connectivity index (χ2v) is 5.40. The van der Waals surface area contributed by atoms with Crippen molar-refractivity contribution in [2.45, 2.75) is 11.0 Å². The van der Waals surface area contributed by atoms with Crippen molar-refractivity contribution < 1.29 is 4.74 Å². The van der Waals surface area contributed by atoms with Gasteiger partial charge in [0, 0.05) is 17.4 Å². The molecule has 1 atom stereocenters. The zero-order valence-corrected chi connectivity index (χ0v) is 7.42. The second kappa shape index (κ2) is 3.37. The van der Waals surface area contributed by atoms with Gasteiger partial charge in [0.25, 0.3) is 0 Å². The molecular weight excluding hydrogens is 164 g/mol. The number of thioether (sulfide) groups is 2. The fourth-order valence-electron chi connectivity index (χ4n) is 1.29. The van der Waals surface area contributed by atoms with Crippen molar-refractivity contribution in [1.29, 1.82) is 0 Å². The zero-order valence-electron chi connectivity index (χ0n) is 5.79. The van der Waals surface area contributed by atoms with E-state index in [2.05, 4.69) is 23.5 Å². The summed E-state index contributed by atoms with van der Waals surface area (Å²) in [6.07, 6.45) is 1.17. The highest BCUT2D eigenvalue weighted by Gasteiger charge is 2.29. The number of hydrogen-bond donors (Lipinski definition) is 0. The van der Waals surface area contributed by atoms with E-state index >= 15 is 0 Å². The lowest BCUT2D eigenvalue weighted by Crippen LogP contribution is -2.10. The van der Waals surface area contributed by atoms with E-state index in [1.807, 2.05) is 6.61 Å². The van der Waals surface area contributed by atoms with Crippen LogP contribution in [-0.4, -0.2) is 22.7 Å². The van der Waals surface area contributed by atoms with Crippen LogP contribution >= 0.6 is 23.5 Å². The summed E-state index contributed by atoms with van der Waals surface area (Å²) in [5.41, 5.74) is 0.